The third kappa shape index (κ3) is 3.56. The van der Waals surface area contributed by atoms with Crippen LogP contribution in [0.5, 0.6) is 0 Å². The van der Waals surface area contributed by atoms with Crippen molar-refractivity contribution in [2.45, 2.75) is 13.0 Å². The van der Waals surface area contributed by atoms with Crippen molar-refractivity contribution in [3.05, 3.63) is 41.5 Å². The Labute approximate surface area is 89.0 Å². The predicted molar refractivity (Wildman–Crippen MR) is 58.0 cm³/mol. The second-order valence-electron chi connectivity index (χ2n) is 3.04. The number of hydrogen-bond donors (Lipinski definition) is 1. The van der Waals surface area contributed by atoms with Gasteiger partial charge in [0.05, 0.1) is 20.1 Å². The molecule has 1 aromatic rings. The Morgan fingerprint density at radius 1 is 1.47 bits per heavy atom. The lowest BCUT2D eigenvalue weighted by Gasteiger charge is -2.01. The molecule has 1 rings (SSSR count). The van der Waals surface area contributed by atoms with Gasteiger partial charge in [-0.3, -0.25) is 4.79 Å². The monoisotopic (exact) mass is 206 g/mol. The first kappa shape index (κ1) is 11.5. The normalized spacial score (nSPS) is 10.5. The van der Waals surface area contributed by atoms with E-state index >= 15 is 0 Å². The van der Waals surface area contributed by atoms with Crippen molar-refractivity contribution in [3.63, 3.8) is 0 Å². The predicted octanol–water partition coefficient (Wildman–Crippen LogP) is 1.76. The highest BCUT2D eigenvalue weighted by atomic mass is 16.5. The fourth-order valence-electron chi connectivity index (χ4n) is 1.21. The summed E-state index contributed by atoms with van der Waals surface area (Å²) in [4.78, 5) is 10.8. The van der Waals surface area contributed by atoms with Gasteiger partial charge in [0.1, 0.15) is 0 Å². The zero-order chi connectivity index (χ0) is 11.1. The van der Waals surface area contributed by atoms with Gasteiger partial charge >= 0.3 is 5.97 Å². The minimum absolute atomic E-state index is 0.00125. The first-order valence-corrected chi connectivity index (χ1v) is 4.70. The number of esters is 1. The minimum Gasteiger partial charge on any atom is -0.469 e. The van der Waals surface area contributed by atoms with Gasteiger partial charge in [-0.25, -0.2) is 0 Å². The van der Waals surface area contributed by atoms with Gasteiger partial charge in [-0.05, 0) is 11.1 Å². The summed E-state index contributed by atoms with van der Waals surface area (Å²) in [5, 5.41) is 9.05. The van der Waals surface area contributed by atoms with Crippen molar-refractivity contribution < 1.29 is 14.6 Å². The molecule has 0 aromatic heterocycles. The van der Waals surface area contributed by atoms with E-state index in [1.54, 1.807) is 6.08 Å². The first-order valence-electron chi connectivity index (χ1n) is 4.70. The smallest absolute Gasteiger partial charge is 0.309 e. The molecule has 0 amide bonds. The topological polar surface area (TPSA) is 46.5 Å². The summed E-state index contributed by atoms with van der Waals surface area (Å²) in [5.74, 6) is -0.271. The summed E-state index contributed by atoms with van der Waals surface area (Å²) in [6.07, 6.45) is 3.78. The van der Waals surface area contributed by atoms with Crippen LogP contribution in [-0.2, 0) is 16.1 Å². The summed E-state index contributed by atoms with van der Waals surface area (Å²) >= 11 is 0. The standard InChI is InChI=1S/C12H14O3/c1-15-12(14)8-4-7-10-5-2-3-6-11(10)9-13/h2-7,13H,8-9H2,1H3/b7-4+. The van der Waals surface area contributed by atoms with E-state index in [-0.39, 0.29) is 19.0 Å². The maximum Gasteiger partial charge on any atom is 0.309 e. The fraction of sp³-hybridized carbons (Fsp3) is 0.250. The zero-order valence-corrected chi connectivity index (χ0v) is 8.64. The number of carbonyl (C=O) groups is 1. The summed E-state index contributed by atoms with van der Waals surface area (Å²) in [6, 6.07) is 7.48. The SMILES string of the molecule is COC(=O)C/C=C/c1ccccc1CO. The highest BCUT2D eigenvalue weighted by Gasteiger charge is 1.97. The number of carbonyl (C=O) groups excluding carboxylic acids is 1. The third-order valence-corrected chi connectivity index (χ3v) is 2.04. The highest BCUT2D eigenvalue weighted by Crippen LogP contribution is 2.10. The van der Waals surface area contributed by atoms with Crippen LogP contribution in [0.1, 0.15) is 17.5 Å². The molecule has 80 valence electrons. The Balaban J connectivity index is 2.67. The summed E-state index contributed by atoms with van der Waals surface area (Å²) in [6.45, 7) is -0.00125. The average molecular weight is 206 g/mol. The Morgan fingerprint density at radius 3 is 2.87 bits per heavy atom. The molecular weight excluding hydrogens is 192 g/mol. The molecule has 1 N–H and O–H groups in total. The maximum absolute atomic E-state index is 10.8. The molecule has 0 atom stereocenters. The van der Waals surface area contributed by atoms with Crippen molar-refractivity contribution in [3.8, 4) is 0 Å². The number of aliphatic hydroxyl groups excluding tert-OH is 1. The highest BCUT2D eigenvalue weighted by molar-refractivity contribution is 5.72. The molecule has 0 aliphatic carbocycles. The third-order valence-electron chi connectivity index (χ3n) is 2.04. The van der Waals surface area contributed by atoms with Crippen LogP contribution in [0.15, 0.2) is 30.3 Å². The van der Waals surface area contributed by atoms with Gasteiger partial charge in [-0.2, -0.15) is 0 Å². The molecular formula is C12H14O3. The largest absolute Gasteiger partial charge is 0.469 e. The average Bonchev–Trinajstić information content (AvgIpc) is 2.29. The lowest BCUT2D eigenvalue weighted by Crippen LogP contribution is -1.96. The summed E-state index contributed by atoms with van der Waals surface area (Å²) < 4.78 is 4.51. The molecule has 0 heterocycles. The second kappa shape index (κ2) is 5.98. The van der Waals surface area contributed by atoms with Crippen molar-refractivity contribution in [1.29, 1.82) is 0 Å². The van der Waals surface area contributed by atoms with Crippen molar-refractivity contribution in [2.24, 2.45) is 0 Å². The van der Waals surface area contributed by atoms with Gasteiger partial charge in [0.25, 0.3) is 0 Å². The zero-order valence-electron chi connectivity index (χ0n) is 8.64. The van der Waals surface area contributed by atoms with Crippen LogP contribution in [0.2, 0.25) is 0 Å². The molecule has 15 heavy (non-hydrogen) atoms. The van der Waals surface area contributed by atoms with Crippen molar-refractivity contribution in [1.82, 2.24) is 0 Å². The molecule has 1 aromatic carbocycles. The Bertz CT molecular complexity index is 356. The Hall–Kier alpha value is -1.61. The van der Waals surface area contributed by atoms with Crippen LogP contribution in [0.4, 0.5) is 0 Å². The Morgan fingerprint density at radius 2 is 2.20 bits per heavy atom. The maximum atomic E-state index is 10.8. The molecule has 0 aliphatic rings. The number of benzene rings is 1. The van der Waals surface area contributed by atoms with E-state index in [1.807, 2.05) is 30.3 Å². The van der Waals surface area contributed by atoms with E-state index in [0.29, 0.717) is 0 Å². The molecule has 0 spiro atoms. The molecule has 0 saturated carbocycles. The summed E-state index contributed by atoms with van der Waals surface area (Å²) in [7, 11) is 1.36. The van der Waals surface area contributed by atoms with Crippen molar-refractivity contribution in [2.75, 3.05) is 7.11 Å². The van der Waals surface area contributed by atoms with Crippen LogP contribution in [-0.4, -0.2) is 18.2 Å². The number of rotatable bonds is 4. The number of ether oxygens (including phenoxy) is 1. The van der Waals surface area contributed by atoms with Crippen LogP contribution in [0.25, 0.3) is 6.08 Å². The molecule has 0 radical (unpaired) electrons. The Kier molecular flexibility index (Phi) is 4.57. The van der Waals surface area contributed by atoms with Gasteiger partial charge in [0.15, 0.2) is 0 Å². The number of hydrogen-bond acceptors (Lipinski definition) is 3. The molecule has 3 heteroatoms. The molecule has 3 nitrogen and oxygen atoms in total. The quantitative estimate of drug-likeness (QED) is 0.763. The van der Waals surface area contributed by atoms with Crippen LogP contribution in [0.3, 0.4) is 0 Å². The molecule has 0 fully saturated rings. The van der Waals surface area contributed by atoms with Gasteiger partial charge in [-0.15, -0.1) is 0 Å². The van der Waals surface area contributed by atoms with E-state index < -0.39 is 0 Å². The minimum atomic E-state index is -0.271. The van der Waals surface area contributed by atoms with E-state index in [4.69, 9.17) is 5.11 Å². The molecule has 0 aliphatic heterocycles. The van der Waals surface area contributed by atoms with E-state index in [0.717, 1.165) is 11.1 Å². The van der Waals surface area contributed by atoms with Gasteiger partial charge in [0, 0.05) is 0 Å². The van der Waals surface area contributed by atoms with Crippen LogP contribution < -0.4 is 0 Å². The number of methoxy groups -OCH3 is 1. The van der Waals surface area contributed by atoms with Crippen molar-refractivity contribution >= 4 is 12.0 Å². The number of aliphatic hydroxyl groups is 1. The van der Waals surface area contributed by atoms with Crippen LogP contribution in [0, 0.1) is 0 Å². The first-order chi connectivity index (χ1) is 7.27. The fourth-order valence-corrected chi connectivity index (χ4v) is 1.21. The van der Waals surface area contributed by atoms with E-state index in [2.05, 4.69) is 4.74 Å². The lowest BCUT2D eigenvalue weighted by molar-refractivity contribution is -0.139. The van der Waals surface area contributed by atoms with Gasteiger partial charge in [-0.1, -0.05) is 36.4 Å². The van der Waals surface area contributed by atoms with E-state index in [9.17, 15) is 4.79 Å². The van der Waals surface area contributed by atoms with Gasteiger partial charge in [0.2, 0.25) is 0 Å². The van der Waals surface area contributed by atoms with E-state index in [1.165, 1.54) is 7.11 Å². The molecule has 0 bridgehead atoms. The second-order valence-corrected chi connectivity index (χ2v) is 3.04. The molecule has 0 unspecified atom stereocenters. The van der Waals surface area contributed by atoms with Crippen LogP contribution >= 0.6 is 0 Å². The molecule has 0 saturated heterocycles. The lowest BCUT2D eigenvalue weighted by atomic mass is 10.1. The van der Waals surface area contributed by atoms with Gasteiger partial charge < -0.3 is 9.84 Å². The summed E-state index contributed by atoms with van der Waals surface area (Å²) in [5.41, 5.74) is 1.77.